The number of hydrogen-bond donors (Lipinski definition) is 1. The van der Waals surface area contributed by atoms with E-state index in [4.69, 9.17) is 9.47 Å². The molecule has 1 aliphatic rings. The first-order chi connectivity index (χ1) is 15.5. The summed E-state index contributed by atoms with van der Waals surface area (Å²) in [6, 6.07) is 11.5. The van der Waals surface area contributed by atoms with Crippen LogP contribution in [0.3, 0.4) is 0 Å². The van der Waals surface area contributed by atoms with E-state index < -0.39 is 0 Å². The van der Waals surface area contributed by atoms with Crippen LogP contribution in [0.2, 0.25) is 0 Å². The summed E-state index contributed by atoms with van der Waals surface area (Å²) in [5, 5.41) is 7.47. The molecule has 6 nitrogen and oxygen atoms in total. The Kier molecular flexibility index (Phi) is 6.80. The van der Waals surface area contributed by atoms with Crippen LogP contribution in [0.5, 0.6) is 11.6 Å². The van der Waals surface area contributed by atoms with Crippen LogP contribution < -0.4 is 10.1 Å². The van der Waals surface area contributed by atoms with Crippen LogP contribution in [-0.4, -0.2) is 34.9 Å². The number of benzene rings is 2. The number of carbonyl (C=O) groups is 1. The fourth-order valence-electron chi connectivity index (χ4n) is 3.66. The molecule has 1 saturated heterocycles. The van der Waals surface area contributed by atoms with Crippen LogP contribution >= 0.6 is 0 Å². The molecular formula is C24H25F2N3O3. The van der Waals surface area contributed by atoms with E-state index in [2.05, 4.69) is 10.4 Å². The molecule has 1 amide bonds. The van der Waals surface area contributed by atoms with Gasteiger partial charge in [-0.1, -0.05) is 0 Å². The Balaban J connectivity index is 1.55. The van der Waals surface area contributed by atoms with Gasteiger partial charge in [-0.05, 0) is 74.7 Å². The van der Waals surface area contributed by atoms with Gasteiger partial charge in [0.2, 0.25) is 11.8 Å². The first kappa shape index (κ1) is 22.0. The van der Waals surface area contributed by atoms with Crippen molar-refractivity contribution in [3.05, 3.63) is 71.4 Å². The van der Waals surface area contributed by atoms with E-state index in [0.717, 1.165) is 25.0 Å². The number of hydrogen-bond acceptors (Lipinski definition) is 4. The zero-order valence-corrected chi connectivity index (χ0v) is 17.8. The Hall–Kier alpha value is -3.26. The smallest absolute Gasteiger partial charge is 0.226 e. The normalized spacial score (nSPS) is 15.7. The Bertz CT molecular complexity index is 1060. The van der Waals surface area contributed by atoms with Crippen molar-refractivity contribution in [2.24, 2.45) is 0 Å². The molecule has 1 fully saturated rings. The van der Waals surface area contributed by atoms with Gasteiger partial charge in [-0.3, -0.25) is 4.79 Å². The van der Waals surface area contributed by atoms with Crippen molar-refractivity contribution < 1.29 is 23.0 Å². The molecule has 3 aromatic rings. The predicted molar refractivity (Wildman–Crippen MR) is 115 cm³/mol. The minimum Gasteiger partial charge on any atom is -0.439 e. The monoisotopic (exact) mass is 441 g/mol. The third-order valence-electron chi connectivity index (χ3n) is 5.39. The highest BCUT2D eigenvalue weighted by Crippen LogP contribution is 2.31. The van der Waals surface area contributed by atoms with Crippen molar-refractivity contribution in [3.63, 3.8) is 0 Å². The molecule has 4 rings (SSSR count). The third kappa shape index (κ3) is 5.31. The summed E-state index contributed by atoms with van der Waals surface area (Å²) in [5.74, 6) is 0.0269. The van der Waals surface area contributed by atoms with Crippen LogP contribution in [0.25, 0.3) is 5.69 Å². The van der Waals surface area contributed by atoms with Crippen LogP contribution in [0, 0.1) is 18.6 Å². The van der Waals surface area contributed by atoms with E-state index in [1.54, 1.807) is 16.8 Å². The van der Waals surface area contributed by atoms with Gasteiger partial charge in [0, 0.05) is 25.1 Å². The summed E-state index contributed by atoms with van der Waals surface area (Å²) < 4.78 is 39.9. The molecule has 2 heterocycles. The summed E-state index contributed by atoms with van der Waals surface area (Å²) in [5.41, 5.74) is 2.06. The second-order valence-electron chi connectivity index (χ2n) is 7.75. The van der Waals surface area contributed by atoms with Gasteiger partial charge in [-0.25, -0.2) is 13.5 Å². The topological polar surface area (TPSA) is 65.4 Å². The lowest BCUT2D eigenvalue weighted by molar-refractivity contribution is -0.121. The van der Waals surface area contributed by atoms with E-state index >= 15 is 0 Å². The number of nitrogens with zero attached hydrogens (tertiary/aromatic N) is 2. The van der Waals surface area contributed by atoms with Gasteiger partial charge in [0.15, 0.2) is 0 Å². The van der Waals surface area contributed by atoms with E-state index in [9.17, 15) is 13.6 Å². The summed E-state index contributed by atoms with van der Waals surface area (Å²) in [7, 11) is 0. The number of halogens is 2. The van der Waals surface area contributed by atoms with Gasteiger partial charge < -0.3 is 14.8 Å². The molecule has 0 aliphatic carbocycles. The molecule has 0 unspecified atom stereocenters. The first-order valence-electron chi connectivity index (χ1n) is 10.7. The van der Waals surface area contributed by atoms with Crippen molar-refractivity contribution >= 4 is 5.91 Å². The zero-order valence-electron chi connectivity index (χ0n) is 17.8. The highest BCUT2D eigenvalue weighted by Gasteiger charge is 2.21. The van der Waals surface area contributed by atoms with Crippen LogP contribution in [0.15, 0.2) is 48.5 Å². The molecule has 0 bridgehead atoms. The van der Waals surface area contributed by atoms with Crippen molar-refractivity contribution in [2.75, 3.05) is 13.2 Å². The van der Waals surface area contributed by atoms with Crippen molar-refractivity contribution in [3.8, 4) is 17.3 Å². The number of nitrogens with one attached hydrogen (secondary N) is 1. The number of aryl methyl sites for hydroxylation is 1. The van der Waals surface area contributed by atoms with Crippen molar-refractivity contribution in [2.45, 2.75) is 38.7 Å². The fraction of sp³-hybridized carbons (Fsp3) is 0.333. The largest absolute Gasteiger partial charge is 0.439 e. The molecule has 8 heteroatoms. The molecule has 0 radical (unpaired) electrons. The zero-order chi connectivity index (χ0) is 22.5. The van der Waals surface area contributed by atoms with Gasteiger partial charge in [0.1, 0.15) is 17.4 Å². The molecule has 168 valence electrons. The summed E-state index contributed by atoms with van der Waals surface area (Å²) >= 11 is 0. The lowest BCUT2D eigenvalue weighted by Crippen LogP contribution is -2.31. The fourth-order valence-corrected chi connectivity index (χ4v) is 3.66. The van der Waals surface area contributed by atoms with E-state index in [0.29, 0.717) is 36.0 Å². The molecule has 1 atom stereocenters. The minimum atomic E-state index is -0.372. The second-order valence-corrected chi connectivity index (χ2v) is 7.75. The van der Waals surface area contributed by atoms with E-state index in [1.165, 1.54) is 36.4 Å². The molecule has 0 spiro atoms. The molecule has 1 aliphatic heterocycles. The number of ether oxygens (including phenoxy) is 2. The average Bonchev–Trinajstić information content (AvgIpc) is 3.41. The number of rotatable bonds is 8. The number of aromatic nitrogens is 2. The van der Waals surface area contributed by atoms with Crippen LogP contribution in [0.1, 0.15) is 30.5 Å². The Morgan fingerprint density at radius 1 is 1.16 bits per heavy atom. The van der Waals surface area contributed by atoms with Gasteiger partial charge in [-0.15, -0.1) is 0 Å². The number of carbonyl (C=O) groups excluding carboxylic acids is 1. The SMILES string of the molecule is Cc1nn(-c2ccc(F)cc2)c(Oc2ccc(F)cc2)c1CCC(=O)NC[C@H]1CCCO1. The van der Waals surface area contributed by atoms with Crippen molar-refractivity contribution in [1.82, 2.24) is 15.1 Å². The first-order valence-corrected chi connectivity index (χ1v) is 10.7. The molecular weight excluding hydrogens is 416 g/mol. The Morgan fingerprint density at radius 3 is 2.50 bits per heavy atom. The Morgan fingerprint density at radius 2 is 1.84 bits per heavy atom. The van der Waals surface area contributed by atoms with E-state index in [-0.39, 0.29) is 30.1 Å². The predicted octanol–water partition coefficient (Wildman–Crippen LogP) is 4.48. The molecule has 32 heavy (non-hydrogen) atoms. The quantitative estimate of drug-likeness (QED) is 0.560. The lowest BCUT2D eigenvalue weighted by Gasteiger charge is -2.12. The maximum atomic E-state index is 13.4. The Labute approximate surface area is 185 Å². The third-order valence-corrected chi connectivity index (χ3v) is 5.39. The summed E-state index contributed by atoms with van der Waals surface area (Å²) in [6.07, 6.45) is 2.72. The van der Waals surface area contributed by atoms with E-state index in [1.807, 2.05) is 6.92 Å². The van der Waals surface area contributed by atoms with Crippen molar-refractivity contribution in [1.29, 1.82) is 0 Å². The molecule has 0 saturated carbocycles. The lowest BCUT2D eigenvalue weighted by atomic mass is 10.1. The average molecular weight is 441 g/mol. The van der Waals surface area contributed by atoms with Gasteiger partial charge >= 0.3 is 0 Å². The minimum absolute atomic E-state index is 0.0813. The van der Waals surface area contributed by atoms with Crippen LogP contribution in [0.4, 0.5) is 8.78 Å². The highest BCUT2D eigenvalue weighted by atomic mass is 19.1. The summed E-state index contributed by atoms with van der Waals surface area (Å²) in [6.45, 7) is 3.08. The maximum absolute atomic E-state index is 13.4. The van der Waals surface area contributed by atoms with Gasteiger partial charge in [-0.2, -0.15) is 5.10 Å². The number of amides is 1. The van der Waals surface area contributed by atoms with Gasteiger partial charge in [0.05, 0.1) is 17.5 Å². The molecule has 2 aromatic carbocycles. The molecule has 1 N–H and O–H groups in total. The maximum Gasteiger partial charge on any atom is 0.226 e. The standard InChI is InChI=1S/C24H25F2N3O3/c1-16-22(12-13-23(30)27-15-21-3-2-14-31-21)24(32-20-10-6-18(26)7-11-20)29(28-16)19-8-4-17(25)5-9-19/h4-11,21H,2-3,12-15H2,1H3,(H,27,30)/t21-/m1/s1. The van der Waals surface area contributed by atoms with Crippen LogP contribution in [-0.2, 0) is 16.0 Å². The second kappa shape index (κ2) is 9.91. The summed E-state index contributed by atoms with van der Waals surface area (Å²) in [4.78, 5) is 12.4. The molecule has 1 aromatic heterocycles. The highest BCUT2D eigenvalue weighted by molar-refractivity contribution is 5.76. The van der Waals surface area contributed by atoms with Gasteiger partial charge in [0.25, 0.3) is 0 Å².